The van der Waals surface area contributed by atoms with Crippen molar-refractivity contribution in [2.24, 2.45) is 0 Å². The molecule has 0 bridgehead atoms. The Morgan fingerprint density at radius 3 is 2.57 bits per heavy atom. The molecule has 0 aliphatic heterocycles. The van der Waals surface area contributed by atoms with Gasteiger partial charge in [0, 0.05) is 15.2 Å². The minimum absolute atomic E-state index is 0.0360. The number of hydrogen-bond acceptors (Lipinski definition) is 1. The zero-order chi connectivity index (χ0) is 15.6. The lowest BCUT2D eigenvalue weighted by atomic mass is 10.1. The van der Waals surface area contributed by atoms with Crippen LogP contribution in [0.25, 0.3) is 0 Å². The van der Waals surface area contributed by atoms with E-state index in [-0.39, 0.29) is 11.1 Å². The summed E-state index contributed by atoms with van der Waals surface area (Å²) in [6, 6.07) is 8.73. The Balaban J connectivity index is 2.30. The SMILES string of the molecule is CCc1cc(Br)ccc1NC(C)c1cc(F)c(Cl)cc1Cl. The van der Waals surface area contributed by atoms with Gasteiger partial charge in [-0.1, -0.05) is 46.1 Å². The second-order valence-corrected chi connectivity index (χ2v) is 6.54. The summed E-state index contributed by atoms with van der Waals surface area (Å²) >= 11 is 15.4. The summed E-state index contributed by atoms with van der Waals surface area (Å²) in [7, 11) is 0. The summed E-state index contributed by atoms with van der Waals surface area (Å²) < 4.78 is 14.7. The van der Waals surface area contributed by atoms with Gasteiger partial charge in [0.1, 0.15) is 5.82 Å². The summed E-state index contributed by atoms with van der Waals surface area (Å²) in [5, 5.41) is 3.87. The van der Waals surface area contributed by atoms with Crippen molar-refractivity contribution in [3.05, 3.63) is 61.8 Å². The van der Waals surface area contributed by atoms with Crippen molar-refractivity contribution in [3.63, 3.8) is 0 Å². The molecular weight excluding hydrogens is 376 g/mol. The van der Waals surface area contributed by atoms with Crippen LogP contribution in [0.3, 0.4) is 0 Å². The molecule has 1 atom stereocenters. The van der Waals surface area contributed by atoms with Crippen LogP contribution in [0.15, 0.2) is 34.8 Å². The maximum absolute atomic E-state index is 13.6. The van der Waals surface area contributed by atoms with E-state index in [4.69, 9.17) is 23.2 Å². The Kier molecular flexibility index (Phi) is 5.53. The summed E-state index contributed by atoms with van der Waals surface area (Å²) in [6.45, 7) is 4.03. The smallest absolute Gasteiger partial charge is 0.142 e. The van der Waals surface area contributed by atoms with E-state index in [1.165, 1.54) is 17.7 Å². The third-order valence-corrected chi connectivity index (χ3v) is 4.44. The van der Waals surface area contributed by atoms with Gasteiger partial charge in [0.2, 0.25) is 0 Å². The normalized spacial score (nSPS) is 12.3. The standard InChI is InChI=1S/C16H15BrCl2FN/c1-3-10-6-11(17)4-5-16(10)21-9(2)12-7-15(20)14(19)8-13(12)18/h4-9,21H,3H2,1-2H3. The highest BCUT2D eigenvalue weighted by Gasteiger charge is 2.14. The van der Waals surface area contributed by atoms with E-state index < -0.39 is 5.82 Å². The van der Waals surface area contributed by atoms with Crippen molar-refractivity contribution >= 4 is 44.8 Å². The van der Waals surface area contributed by atoms with Gasteiger partial charge in [0.15, 0.2) is 0 Å². The Labute approximate surface area is 142 Å². The van der Waals surface area contributed by atoms with Gasteiger partial charge in [-0.15, -0.1) is 0 Å². The van der Waals surface area contributed by atoms with Crippen LogP contribution in [-0.2, 0) is 6.42 Å². The number of nitrogens with one attached hydrogen (secondary N) is 1. The molecule has 5 heteroatoms. The fraction of sp³-hybridized carbons (Fsp3) is 0.250. The highest BCUT2D eigenvalue weighted by atomic mass is 79.9. The van der Waals surface area contributed by atoms with Crippen molar-refractivity contribution in [3.8, 4) is 0 Å². The van der Waals surface area contributed by atoms with Gasteiger partial charge in [0.25, 0.3) is 0 Å². The molecule has 0 spiro atoms. The molecule has 0 aromatic heterocycles. The first-order chi connectivity index (χ1) is 9.92. The molecule has 2 aromatic rings. The monoisotopic (exact) mass is 389 g/mol. The zero-order valence-electron chi connectivity index (χ0n) is 11.7. The molecule has 0 heterocycles. The Hall–Kier alpha value is -0.770. The van der Waals surface area contributed by atoms with Crippen LogP contribution >= 0.6 is 39.1 Å². The Morgan fingerprint density at radius 2 is 1.90 bits per heavy atom. The second kappa shape index (κ2) is 6.99. The number of halogens is 4. The molecule has 21 heavy (non-hydrogen) atoms. The van der Waals surface area contributed by atoms with Crippen LogP contribution in [0.2, 0.25) is 10.0 Å². The van der Waals surface area contributed by atoms with Crippen LogP contribution in [0, 0.1) is 5.82 Å². The number of rotatable bonds is 4. The van der Waals surface area contributed by atoms with Gasteiger partial charge in [-0.25, -0.2) is 4.39 Å². The van der Waals surface area contributed by atoms with Crippen molar-refractivity contribution in [2.45, 2.75) is 26.3 Å². The summed E-state index contributed by atoms with van der Waals surface area (Å²) in [5.74, 6) is -0.462. The van der Waals surface area contributed by atoms with Crippen LogP contribution in [0.4, 0.5) is 10.1 Å². The topological polar surface area (TPSA) is 12.0 Å². The highest BCUT2D eigenvalue weighted by molar-refractivity contribution is 9.10. The molecule has 1 unspecified atom stereocenters. The quantitative estimate of drug-likeness (QED) is 0.577. The summed E-state index contributed by atoms with van der Waals surface area (Å²) in [6.07, 6.45) is 0.900. The number of anilines is 1. The van der Waals surface area contributed by atoms with E-state index in [0.29, 0.717) is 10.6 Å². The van der Waals surface area contributed by atoms with E-state index in [9.17, 15) is 4.39 Å². The van der Waals surface area contributed by atoms with Crippen molar-refractivity contribution in [1.29, 1.82) is 0 Å². The lowest BCUT2D eigenvalue weighted by Crippen LogP contribution is -2.09. The first-order valence-electron chi connectivity index (χ1n) is 6.61. The van der Waals surface area contributed by atoms with Gasteiger partial charge in [-0.3, -0.25) is 0 Å². The molecule has 0 fully saturated rings. The molecular formula is C16H15BrCl2FN. The zero-order valence-corrected chi connectivity index (χ0v) is 14.8. The summed E-state index contributed by atoms with van der Waals surface area (Å²) in [5.41, 5.74) is 2.88. The fourth-order valence-electron chi connectivity index (χ4n) is 2.18. The van der Waals surface area contributed by atoms with E-state index in [0.717, 1.165) is 16.6 Å². The molecule has 0 saturated carbocycles. The van der Waals surface area contributed by atoms with Crippen LogP contribution in [0.1, 0.15) is 31.0 Å². The largest absolute Gasteiger partial charge is 0.378 e. The lowest BCUT2D eigenvalue weighted by molar-refractivity contribution is 0.624. The third kappa shape index (κ3) is 3.91. The van der Waals surface area contributed by atoms with Crippen LogP contribution in [0.5, 0.6) is 0 Å². The molecule has 0 saturated heterocycles. The summed E-state index contributed by atoms with van der Waals surface area (Å²) in [4.78, 5) is 0. The van der Waals surface area contributed by atoms with Gasteiger partial charge < -0.3 is 5.32 Å². The average Bonchev–Trinajstić information content (AvgIpc) is 2.44. The fourth-order valence-corrected chi connectivity index (χ4v) is 3.13. The Morgan fingerprint density at radius 1 is 1.19 bits per heavy atom. The van der Waals surface area contributed by atoms with Crippen molar-refractivity contribution in [1.82, 2.24) is 0 Å². The molecule has 0 aliphatic carbocycles. The van der Waals surface area contributed by atoms with Gasteiger partial charge in [-0.05, 0) is 54.8 Å². The molecule has 0 amide bonds. The van der Waals surface area contributed by atoms with Gasteiger partial charge >= 0.3 is 0 Å². The van der Waals surface area contributed by atoms with Gasteiger partial charge in [0.05, 0.1) is 11.1 Å². The number of aryl methyl sites for hydroxylation is 1. The Bertz CT molecular complexity index is 661. The first-order valence-corrected chi connectivity index (χ1v) is 8.16. The number of hydrogen-bond donors (Lipinski definition) is 1. The van der Waals surface area contributed by atoms with E-state index in [1.807, 2.05) is 19.1 Å². The predicted molar refractivity (Wildman–Crippen MR) is 92.0 cm³/mol. The second-order valence-electron chi connectivity index (χ2n) is 4.81. The van der Waals surface area contributed by atoms with Crippen LogP contribution in [-0.4, -0.2) is 0 Å². The molecule has 112 valence electrons. The van der Waals surface area contributed by atoms with Gasteiger partial charge in [-0.2, -0.15) is 0 Å². The van der Waals surface area contributed by atoms with Crippen LogP contribution < -0.4 is 5.32 Å². The molecule has 2 aromatic carbocycles. The molecule has 1 N–H and O–H groups in total. The highest BCUT2D eigenvalue weighted by Crippen LogP contribution is 2.32. The molecule has 0 aliphatic rings. The molecule has 0 radical (unpaired) electrons. The van der Waals surface area contributed by atoms with Crippen molar-refractivity contribution < 1.29 is 4.39 Å². The molecule has 2 rings (SSSR count). The third-order valence-electron chi connectivity index (χ3n) is 3.33. The first kappa shape index (κ1) is 16.6. The minimum Gasteiger partial charge on any atom is -0.378 e. The number of benzene rings is 2. The lowest BCUT2D eigenvalue weighted by Gasteiger charge is -2.20. The average molecular weight is 391 g/mol. The van der Waals surface area contributed by atoms with Crippen molar-refractivity contribution in [2.75, 3.05) is 5.32 Å². The maximum atomic E-state index is 13.6. The minimum atomic E-state index is -0.462. The van der Waals surface area contributed by atoms with E-state index in [1.54, 1.807) is 0 Å². The predicted octanol–water partition coefficient (Wildman–Crippen LogP) is 6.63. The van der Waals surface area contributed by atoms with E-state index >= 15 is 0 Å². The van der Waals surface area contributed by atoms with E-state index in [2.05, 4.69) is 34.2 Å². The molecule has 1 nitrogen and oxygen atoms in total. The maximum Gasteiger partial charge on any atom is 0.142 e.